The Hall–Kier alpha value is -5.45. The van der Waals surface area contributed by atoms with E-state index in [9.17, 15) is 24.3 Å². The van der Waals surface area contributed by atoms with E-state index < -0.39 is 58.7 Å². The Bertz CT molecular complexity index is 1890. The Balaban J connectivity index is 1.42. The highest BCUT2D eigenvalue weighted by Crippen LogP contribution is 2.65. The van der Waals surface area contributed by atoms with Crippen LogP contribution in [0.15, 0.2) is 84.4 Å². The Labute approximate surface area is 283 Å². The minimum absolute atomic E-state index is 0.0151. The Kier molecular flexibility index (Phi) is 8.01. The molecule has 0 aromatic heterocycles. The molecule has 252 valence electrons. The number of amides is 4. The molecule has 3 fully saturated rings. The summed E-state index contributed by atoms with van der Waals surface area (Å²) in [6, 6.07) is 21.2. The third kappa shape index (κ3) is 4.90. The van der Waals surface area contributed by atoms with Gasteiger partial charge in [-0.3, -0.25) is 34.3 Å². The average Bonchev–Trinajstić information content (AvgIpc) is 3.46. The monoisotopic (exact) mass is 663 g/mol. The van der Waals surface area contributed by atoms with Crippen molar-refractivity contribution in [1.29, 1.82) is 0 Å². The summed E-state index contributed by atoms with van der Waals surface area (Å²) in [6.07, 6.45) is 2.17. The van der Waals surface area contributed by atoms with Crippen molar-refractivity contribution in [3.05, 3.63) is 101 Å². The van der Waals surface area contributed by atoms with Crippen molar-refractivity contribution < 1.29 is 38.9 Å². The van der Waals surface area contributed by atoms with Crippen LogP contribution >= 0.6 is 0 Å². The van der Waals surface area contributed by atoms with Gasteiger partial charge in [0, 0.05) is 24.4 Å². The first-order valence-corrected chi connectivity index (χ1v) is 16.5. The van der Waals surface area contributed by atoms with Crippen LogP contribution in [-0.4, -0.2) is 63.4 Å². The molecule has 2 heterocycles. The summed E-state index contributed by atoms with van der Waals surface area (Å²) in [4.78, 5) is 70.0. The molecule has 11 heteroatoms. The molecule has 3 N–H and O–H groups in total. The number of benzene rings is 3. The summed E-state index contributed by atoms with van der Waals surface area (Å²) in [7, 11) is 1.47. The maximum Gasteiger partial charge on any atom is 0.303 e. The van der Waals surface area contributed by atoms with E-state index in [-0.39, 0.29) is 43.9 Å². The first-order chi connectivity index (χ1) is 23.6. The maximum absolute atomic E-state index is 15.2. The highest BCUT2D eigenvalue weighted by Gasteiger charge is 2.71. The molecule has 1 saturated carbocycles. The van der Waals surface area contributed by atoms with Crippen molar-refractivity contribution in [2.45, 2.75) is 43.9 Å². The first-order valence-electron chi connectivity index (χ1n) is 16.5. The van der Waals surface area contributed by atoms with Gasteiger partial charge in [-0.25, -0.2) is 0 Å². The van der Waals surface area contributed by atoms with Gasteiger partial charge in [-0.05, 0) is 61.9 Å². The topological polar surface area (TPSA) is 154 Å². The highest BCUT2D eigenvalue weighted by atomic mass is 16.5. The molecule has 2 aliphatic carbocycles. The molecule has 0 radical (unpaired) electrons. The van der Waals surface area contributed by atoms with E-state index >= 15 is 4.79 Å². The number of phenolic OH excluding ortho intramolecular Hbond substituents is 1. The standard InChI is InChI=1S/C38H37N3O8/c1-21-13-15-23(16-14-21)39-41-35(46)27-20-26-24(17-18-25-31(26)36(47)40(34(25)45)19-7-12-30(43)44)33(32-28(42)10-6-11-29(32)49-2)38(27,37(41)48)22-8-4-3-5-9-22/h3-6,8-11,13-17,25-27,31,33,39,42H,7,12,18-20H2,1-2H3,(H,43,44)/t25-,26+,27-,31-,33+,38+/m0/s1. The number of hydrogen-bond acceptors (Lipinski definition) is 8. The van der Waals surface area contributed by atoms with Crippen molar-refractivity contribution in [1.82, 2.24) is 9.91 Å². The predicted octanol–water partition coefficient (Wildman–Crippen LogP) is 4.56. The quantitative estimate of drug-likeness (QED) is 0.221. The van der Waals surface area contributed by atoms with E-state index in [2.05, 4.69) is 5.43 Å². The number of aliphatic carboxylic acids is 1. The number of fused-ring (bicyclic) bond motifs is 4. The van der Waals surface area contributed by atoms with Gasteiger partial charge in [0.05, 0.1) is 36.0 Å². The van der Waals surface area contributed by atoms with Gasteiger partial charge in [-0.15, -0.1) is 0 Å². The summed E-state index contributed by atoms with van der Waals surface area (Å²) in [5.41, 5.74) is 4.64. The van der Waals surface area contributed by atoms with Gasteiger partial charge in [0.2, 0.25) is 11.8 Å². The number of nitrogens with zero attached hydrogens (tertiary/aromatic N) is 2. The number of phenols is 1. The molecular formula is C38H37N3O8. The molecule has 0 bridgehead atoms. The molecule has 2 aliphatic heterocycles. The molecule has 0 unspecified atom stereocenters. The minimum atomic E-state index is -1.55. The number of carbonyl (C=O) groups is 5. The lowest BCUT2D eigenvalue weighted by Crippen LogP contribution is -2.53. The van der Waals surface area contributed by atoms with Crippen LogP contribution in [0, 0.1) is 30.6 Å². The molecule has 6 atom stereocenters. The second-order valence-electron chi connectivity index (χ2n) is 13.3. The number of carboxylic acids is 1. The zero-order valence-corrected chi connectivity index (χ0v) is 27.2. The fraction of sp³-hybridized carbons (Fsp3) is 0.342. The van der Waals surface area contributed by atoms with Gasteiger partial charge >= 0.3 is 5.97 Å². The summed E-state index contributed by atoms with van der Waals surface area (Å²) in [6.45, 7) is 1.92. The molecule has 3 aromatic rings. The Morgan fingerprint density at radius 3 is 2.37 bits per heavy atom. The smallest absolute Gasteiger partial charge is 0.303 e. The number of imide groups is 2. The molecule has 2 saturated heterocycles. The summed E-state index contributed by atoms with van der Waals surface area (Å²) in [5, 5.41) is 21.8. The number of likely N-dealkylation sites (tertiary alicyclic amines) is 1. The van der Waals surface area contributed by atoms with Crippen LogP contribution in [0.25, 0.3) is 0 Å². The van der Waals surface area contributed by atoms with Crippen LogP contribution in [-0.2, 0) is 29.4 Å². The van der Waals surface area contributed by atoms with Gasteiger partial charge < -0.3 is 14.9 Å². The van der Waals surface area contributed by atoms with E-state index in [1.54, 1.807) is 36.4 Å². The van der Waals surface area contributed by atoms with E-state index in [0.29, 0.717) is 28.1 Å². The molecule has 0 spiro atoms. The number of rotatable bonds is 9. The number of carboxylic acid groups (broad SMARTS) is 1. The fourth-order valence-electron chi connectivity index (χ4n) is 8.74. The number of aromatic hydroxyl groups is 1. The number of hydrogen-bond donors (Lipinski definition) is 3. The third-order valence-corrected chi connectivity index (χ3v) is 10.8. The zero-order valence-electron chi connectivity index (χ0n) is 27.2. The number of hydrazine groups is 1. The molecule has 4 aliphatic rings. The summed E-state index contributed by atoms with van der Waals surface area (Å²) < 4.78 is 5.80. The van der Waals surface area contributed by atoms with Crippen molar-refractivity contribution >= 4 is 35.3 Å². The zero-order chi connectivity index (χ0) is 34.6. The number of nitrogens with one attached hydrogen (secondary N) is 1. The third-order valence-electron chi connectivity index (χ3n) is 10.8. The van der Waals surface area contributed by atoms with Gasteiger partial charge in [0.1, 0.15) is 11.5 Å². The number of allylic oxidation sites excluding steroid dienone is 2. The Morgan fingerprint density at radius 2 is 1.67 bits per heavy atom. The Morgan fingerprint density at radius 1 is 0.939 bits per heavy atom. The number of ether oxygens (including phenoxy) is 1. The van der Waals surface area contributed by atoms with Gasteiger partial charge in [0.15, 0.2) is 0 Å². The van der Waals surface area contributed by atoms with E-state index in [1.807, 2.05) is 43.3 Å². The molecule has 3 aromatic carbocycles. The number of methoxy groups -OCH3 is 1. The van der Waals surface area contributed by atoms with Crippen LogP contribution in [0.2, 0.25) is 0 Å². The van der Waals surface area contributed by atoms with Crippen LogP contribution in [0.3, 0.4) is 0 Å². The number of carbonyl (C=O) groups excluding carboxylic acids is 4. The van der Waals surface area contributed by atoms with Gasteiger partial charge in [-0.1, -0.05) is 65.7 Å². The fourth-order valence-corrected chi connectivity index (χ4v) is 8.74. The lowest BCUT2D eigenvalue weighted by atomic mass is 9.49. The lowest BCUT2D eigenvalue weighted by Gasteiger charge is -2.50. The maximum atomic E-state index is 15.2. The SMILES string of the molecule is COc1cccc(O)c1[C@H]1C2=CC[C@@H]3C(=O)N(CCCC(=O)O)C(=O)[C@@H]3[C@@H]2C[C@H]2C(=O)N(Nc3ccc(C)cc3)C(=O)[C@@]12c1ccccc1. The second kappa shape index (κ2) is 12.2. The van der Waals surface area contributed by atoms with Crippen LogP contribution in [0.1, 0.15) is 48.3 Å². The summed E-state index contributed by atoms with van der Waals surface area (Å²) >= 11 is 0. The van der Waals surface area contributed by atoms with Crippen molar-refractivity contribution in [3.8, 4) is 11.5 Å². The molecule has 7 rings (SSSR count). The largest absolute Gasteiger partial charge is 0.508 e. The molecule has 11 nitrogen and oxygen atoms in total. The predicted molar refractivity (Wildman–Crippen MR) is 177 cm³/mol. The van der Waals surface area contributed by atoms with Gasteiger partial charge in [0.25, 0.3) is 11.8 Å². The highest BCUT2D eigenvalue weighted by molar-refractivity contribution is 6.13. The van der Waals surface area contributed by atoms with Crippen LogP contribution < -0.4 is 10.2 Å². The van der Waals surface area contributed by atoms with Crippen molar-refractivity contribution in [2.24, 2.45) is 23.7 Å². The number of anilines is 1. The lowest BCUT2D eigenvalue weighted by molar-refractivity contribution is -0.142. The molecular weight excluding hydrogens is 626 g/mol. The molecule has 49 heavy (non-hydrogen) atoms. The average molecular weight is 664 g/mol. The first kappa shape index (κ1) is 32.1. The normalized spacial score (nSPS) is 27.4. The number of aryl methyl sites for hydroxylation is 1. The molecule has 4 amide bonds. The summed E-state index contributed by atoms with van der Waals surface area (Å²) in [5.74, 6) is -6.62. The van der Waals surface area contributed by atoms with Crippen LogP contribution in [0.5, 0.6) is 11.5 Å². The van der Waals surface area contributed by atoms with Crippen LogP contribution in [0.4, 0.5) is 5.69 Å². The van der Waals surface area contributed by atoms with Crippen molar-refractivity contribution in [2.75, 3.05) is 19.1 Å². The van der Waals surface area contributed by atoms with E-state index in [0.717, 1.165) is 15.5 Å². The minimum Gasteiger partial charge on any atom is -0.508 e. The van der Waals surface area contributed by atoms with E-state index in [4.69, 9.17) is 9.84 Å². The van der Waals surface area contributed by atoms with Gasteiger partial charge in [-0.2, -0.15) is 5.01 Å². The second-order valence-corrected chi connectivity index (χ2v) is 13.3. The van der Waals surface area contributed by atoms with E-state index in [1.165, 1.54) is 13.2 Å². The van der Waals surface area contributed by atoms with Crippen molar-refractivity contribution in [3.63, 3.8) is 0 Å².